The van der Waals surface area contributed by atoms with Crippen molar-refractivity contribution in [1.29, 1.82) is 0 Å². The van der Waals surface area contributed by atoms with Crippen LogP contribution >= 0.6 is 11.6 Å². The standard InChI is InChI=1S/C14H15ClFNO3/c1-14(2,8-13(19)20)17-12(18)7-6-9-10(15)4-3-5-11(9)16/h3-7H,8H2,1-2H3,(H,17,18)(H,19,20). The maximum atomic E-state index is 13.5. The Morgan fingerprint density at radius 3 is 2.65 bits per heavy atom. The molecule has 1 amide bonds. The van der Waals surface area contributed by atoms with Crippen LogP contribution in [-0.2, 0) is 9.59 Å². The van der Waals surface area contributed by atoms with Crippen molar-refractivity contribution in [3.63, 3.8) is 0 Å². The molecule has 0 unspecified atom stereocenters. The van der Waals surface area contributed by atoms with Crippen LogP contribution < -0.4 is 5.32 Å². The summed E-state index contributed by atoms with van der Waals surface area (Å²) in [5, 5.41) is 11.4. The van der Waals surface area contributed by atoms with Crippen LogP contribution in [0.5, 0.6) is 0 Å². The van der Waals surface area contributed by atoms with E-state index in [2.05, 4.69) is 5.32 Å². The van der Waals surface area contributed by atoms with E-state index in [9.17, 15) is 14.0 Å². The molecule has 1 aromatic carbocycles. The topological polar surface area (TPSA) is 66.4 Å². The smallest absolute Gasteiger partial charge is 0.305 e. The third-order valence-electron chi connectivity index (χ3n) is 2.46. The molecule has 0 atom stereocenters. The number of nitrogens with one attached hydrogen (secondary N) is 1. The minimum Gasteiger partial charge on any atom is -0.481 e. The normalized spacial score (nSPS) is 11.6. The first kappa shape index (κ1) is 16.2. The summed E-state index contributed by atoms with van der Waals surface area (Å²) in [5.74, 6) is -2.07. The van der Waals surface area contributed by atoms with Crippen molar-refractivity contribution in [3.05, 3.63) is 40.7 Å². The van der Waals surface area contributed by atoms with Gasteiger partial charge >= 0.3 is 5.97 Å². The molecule has 0 spiro atoms. The molecule has 20 heavy (non-hydrogen) atoms. The molecular weight excluding hydrogens is 285 g/mol. The highest BCUT2D eigenvalue weighted by atomic mass is 35.5. The van der Waals surface area contributed by atoms with Crippen molar-refractivity contribution in [2.24, 2.45) is 0 Å². The lowest BCUT2D eigenvalue weighted by atomic mass is 10.0. The summed E-state index contributed by atoms with van der Waals surface area (Å²) in [6, 6.07) is 4.21. The number of carbonyl (C=O) groups is 2. The van der Waals surface area contributed by atoms with Crippen LogP contribution in [0.25, 0.3) is 6.08 Å². The summed E-state index contributed by atoms with van der Waals surface area (Å²) in [6.07, 6.45) is 2.16. The quantitative estimate of drug-likeness (QED) is 0.822. The Balaban J connectivity index is 2.76. The molecular formula is C14H15ClFNO3. The molecule has 108 valence electrons. The van der Waals surface area contributed by atoms with Crippen LogP contribution in [0, 0.1) is 5.82 Å². The molecule has 0 aromatic heterocycles. The van der Waals surface area contributed by atoms with Crippen LogP contribution in [0.15, 0.2) is 24.3 Å². The summed E-state index contributed by atoms with van der Waals surface area (Å²) in [5.41, 5.74) is -0.785. The van der Waals surface area contributed by atoms with Gasteiger partial charge in [-0.2, -0.15) is 0 Å². The molecule has 4 nitrogen and oxygen atoms in total. The van der Waals surface area contributed by atoms with Gasteiger partial charge in [0.05, 0.1) is 11.4 Å². The van der Waals surface area contributed by atoms with E-state index in [1.54, 1.807) is 13.8 Å². The minimum atomic E-state index is -1.02. The second-order valence-corrected chi connectivity index (χ2v) is 5.32. The summed E-state index contributed by atoms with van der Waals surface area (Å²) in [6.45, 7) is 3.17. The highest BCUT2D eigenvalue weighted by Gasteiger charge is 2.22. The number of hydrogen-bond donors (Lipinski definition) is 2. The highest BCUT2D eigenvalue weighted by Crippen LogP contribution is 2.20. The molecule has 0 heterocycles. The molecule has 6 heteroatoms. The summed E-state index contributed by atoms with van der Waals surface area (Å²) in [4.78, 5) is 22.3. The molecule has 0 fully saturated rings. The van der Waals surface area contributed by atoms with Gasteiger partial charge in [-0.1, -0.05) is 17.7 Å². The van der Waals surface area contributed by atoms with Crippen molar-refractivity contribution in [2.45, 2.75) is 25.8 Å². The second kappa shape index (κ2) is 6.52. The number of carboxylic acid groups (broad SMARTS) is 1. The van der Waals surface area contributed by atoms with Gasteiger partial charge in [0.1, 0.15) is 5.82 Å². The van der Waals surface area contributed by atoms with Crippen LogP contribution in [0.1, 0.15) is 25.8 Å². The van der Waals surface area contributed by atoms with Crippen molar-refractivity contribution < 1.29 is 19.1 Å². The number of carbonyl (C=O) groups excluding carboxylic acids is 1. The van der Waals surface area contributed by atoms with Gasteiger partial charge in [0.25, 0.3) is 0 Å². The Kier molecular flexibility index (Phi) is 5.27. The molecule has 0 aliphatic carbocycles. The minimum absolute atomic E-state index is 0.111. The first-order chi connectivity index (χ1) is 9.21. The molecule has 0 aliphatic heterocycles. The van der Waals surface area contributed by atoms with Crippen molar-refractivity contribution >= 4 is 29.6 Å². The molecule has 1 aromatic rings. The highest BCUT2D eigenvalue weighted by molar-refractivity contribution is 6.32. The fourth-order valence-corrected chi connectivity index (χ4v) is 1.85. The maximum Gasteiger partial charge on any atom is 0.305 e. The zero-order valence-electron chi connectivity index (χ0n) is 11.1. The molecule has 1 rings (SSSR count). The predicted molar refractivity (Wildman–Crippen MR) is 74.9 cm³/mol. The van der Waals surface area contributed by atoms with E-state index in [1.807, 2.05) is 0 Å². The second-order valence-electron chi connectivity index (χ2n) is 4.91. The number of benzene rings is 1. The van der Waals surface area contributed by atoms with Crippen LogP contribution in [0.3, 0.4) is 0 Å². The average Bonchev–Trinajstić information content (AvgIpc) is 2.25. The lowest BCUT2D eigenvalue weighted by Gasteiger charge is -2.23. The Labute approximate surface area is 121 Å². The van der Waals surface area contributed by atoms with E-state index >= 15 is 0 Å². The third kappa shape index (κ3) is 5.01. The third-order valence-corrected chi connectivity index (χ3v) is 2.79. The molecule has 0 bridgehead atoms. The van der Waals surface area contributed by atoms with E-state index in [0.717, 1.165) is 6.08 Å². The Hall–Kier alpha value is -1.88. The number of hydrogen-bond acceptors (Lipinski definition) is 2. The SMILES string of the molecule is CC(C)(CC(=O)O)NC(=O)C=Cc1c(F)cccc1Cl. The van der Waals surface area contributed by atoms with Gasteiger partial charge in [0, 0.05) is 17.2 Å². The largest absolute Gasteiger partial charge is 0.481 e. The predicted octanol–water partition coefficient (Wildman–Crippen LogP) is 2.86. The van der Waals surface area contributed by atoms with Gasteiger partial charge in [0.15, 0.2) is 0 Å². The lowest BCUT2D eigenvalue weighted by Crippen LogP contribution is -2.44. The number of amides is 1. The zero-order valence-corrected chi connectivity index (χ0v) is 11.9. The van der Waals surface area contributed by atoms with Gasteiger partial charge in [-0.05, 0) is 32.1 Å². The van der Waals surface area contributed by atoms with E-state index < -0.39 is 23.2 Å². The number of aliphatic carboxylic acids is 1. The Bertz CT molecular complexity index is 535. The fraction of sp³-hybridized carbons (Fsp3) is 0.286. The molecule has 2 N–H and O–H groups in total. The van der Waals surface area contributed by atoms with Gasteiger partial charge in [-0.25, -0.2) is 4.39 Å². The van der Waals surface area contributed by atoms with Crippen molar-refractivity contribution in [3.8, 4) is 0 Å². The molecule has 0 saturated heterocycles. The van der Waals surface area contributed by atoms with E-state index in [1.165, 1.54) is 24.3 Å². The molecule has 0 radical (unpaired) electrons. The van der Waals surface area contributed by atoms with E-state index in [0.29, 0.717) is 0 Å². The average molecular weight is 300 g/mol. The Morgan fingerprint density at radius 1 is 1.45 bits per heavy atom. The molecule has 0 aliphatic rings. The van der Waals surface area contributed by atoms with Gasteiger partial charge < -0.3 is 10.4 Å². The number of rotatable bonds is 5. The van der Waals surface area contributed by atoms with Crippen LogP contribution in [-0.4, -0.2) is 22.5 Å². The summed E-state index contributed by atoms with van der Waals surface area (Å²) < 4.78 is 13.5. The zero-order chi connectivity index (χ0) is 15.3. The monoisotopic (exact) mass is 299 g/mol. The van der Waals surface area contributed by atoms with Gasteiger partial charge in [-0.15, -0.1) is 0 Å². The maximum absolute atomic E-state index is 13.5. The summed E-state index contributed by atoms with van der Waals surface area (Å²) >= 11 is 5.81. The first-order valence-corrected chi connectivity index (χ1v) is 6.25. The molecule has 0 saturated carbocycles. The lowest BCUT2D eigenvalue weighted by molar-refractivity contribution is -0.138. The van der Waals surface area contributed by atoms with Crippen LogP contribution in [0.2, 0.25) is 5.02 Å². The summed E-state index contributed by atoms with van der Waals surface area (Å²) in [7, 11) is 0. The number of halogens is 2. The van der Waals surface area contributed by atoms with Gasteiger partial charge in [0.2, 0.25) is 5.91 Å². The number of carboxylic acids is 1. The van der Waals surface area contributed by atoms with Gasteiger partial charge in [-0.3, -0.25) is 9.59 Å². The Morgan fingerprint density at radius 2 is 2.10 bits per heavy atom. The van der Waals surface area contributed by atoms with Crippen LogP contribution in [0.4, 0.5) is 4.39 Å². The van der Waals surface area contributed by atoms with E-state index in [-0.39, 0.29) is 17.0 Å². The van der Waals surface area contributed by atoms with Crippen molar-refractivity contribution in [2.75, 3.05) is 0 Å². The fourth-order valence-electron chi connectivity index (χ4n) is 1.63. The van der Waals surface area contributed by atoms with Crippen molar-refractivity contribution in [1.82, 2.24) is 5.32 Å². The first-order valence-electron chi connectivity index (χ1n) is 5.87. The van der Waals surface area contributed by atoms with E-state index in [4.69, 9.17) is 16.7 Å².